The molecule has 0 amide bonds. The van der Waals surface area contributed by atoms with E-state index in [2.05, 4.69) is 24.0 Å². The molecule has 0 radical (unpaired) electrons. The molecule has 0 N–H and O–H groups in total. The van der Waals surface area contributed by atoms with Gasteiger partial charge >= 0.3 is 0 Å². The second kappa shape index (κ2) is 4.49. The van der Waals surface area contributed by atoms with E-state index in [1.165, 1.54) is 6.42 Å². The Morgan fingerprint density at radius 1 is 1.33 bits per heavy atom. The van der Waals surface area contributed by atoms with Gasteiger partial charge in [0.05, 0.1) is 12.4 Å². The molecular weight excluding hydrogens is 152 g/mol. The van der Waals surface area contributed by atoms with E-state index in [9.17, 15) is 0 Å². The Bertz CT molecular complexity index is 300. The van der Waals surface area contributed by atoms with Crippen LogP contribution in [-0.2, 0) is 0 Å². The van der Waals surface area contributed by atoms with Crippen molar-refractivity contribution in [3.63, 3.8) is 0 Å². The summed E-state index contributed by atoms with van der Waals surface area (Å²) in [4.78, 5) is 3.85. The molecule has 3 heteroatoms. The molecule has 0 saturated carbocycles. The maximum atomic E-state index is 4.81. The van der Waals surface area contributed by atoms with Gasteiger partial charge < -0.3 is 4.52 Å². The molecule has 0 atom stereocenters. The average Bonchev–Trinajstić information content (AvgIpc) is 2.52. The molecule has 3 nitrogen and oxygen atoms in total. The predicted octanol–water partition coefficient (Wildman–Crippen LogP) is 2.64. The SMILES string of the molecule is CCC.c1cc2cnoc2cn1. The Balaban J connectivity index is 0.000000213. The molecule has 0 aliphatic heterocycles. The molecule has 2 aromatic heterocycles. The summed E-state index contributed by atoms with van der Waals surface area (Å²) in [5, 5.41) is 4.58. The van der Waals surface area contributed by atoms with Crippen molar-refractivity contribution in [2.45, 2.75) is 20.3 Å². The lowest BCUT2D eigenvalue weighted by Crippen LogP contribution is -1.65. The molecule has 2 aromatic rings. The van der Waals surface area contributed by atoms with E-state index in [0.717, 1.165) is 11.0 Å². The zero-order valence-electron chi connectivity index (χ0n) is 7.32. The summed E-state index contributed by atoms with van der Waals surface area (Å²) in [5.74, 6) is 0. The molecule has 0 aliphatic rings. The predicted molar refractivity (Wildman–Crippen MR) is 47.8 cm³/mol. The van der Waals surface area contributed by atoms with Gasteiger partial charge in [-0.05, 0) is 6.07 Å². The van der Waals surface area contributed by atoms with Crippen LogP contribution >= 0.6 is 0 Å². The molecular formula is C9H12N2O. The van der Waals surface area contributed by atoms with Crippen LogP contribution in [0.25, 0.3) is 11.0 Å². The Morgan fingerprint density at radius 2 is 2.08 bits per heavy atom. The minimum absolute atomic E-state index is 0.734. The molecule has 12 heavy (non-hydrogen) atoms. The zero-order chi connectivity index (χ0) is 8.81. The van der Waals surface area contributed by atoms with Crippen molar-refractivity contribution in [2.75, 3.05) is 0 Å². The van der Waals surface area contributed by atoms with Crippen LogP contribution in [0, 0.1) is 0 Å². The number of hydrogen-bond donors (Lipinski definition) is 0. The van der Waals surface area contributed by atoms with Crippen LogP contribution in [0.1, 0.15) is 20.3 Å². The van der Waals surface area contributed by atoms with Gasteiger partial charge in [0.1, 0.15) is 0 Å². The quantitative estimate of drug-likeness (QED) is 0.600. The monoisotopic (exact) mass is 164 g/mol. The van der Waals surface area contributed by atoms with Crippen molar-refractivity contribution in [2.24, 2.45) is 0 Å². The normalized spacial score (nSPS) is 9.17. The Kier molecular flexibility index (Phi) is 3.26. The first-order chi connectivity index (χ1) is 5.88. The number of aromatic nitrogens is 2. The van der Waals surface area contributed by atoms with Crippen LogP contribution < -0.4 is 0 Å². The van der Waals surface area contributed by atoms with Gasteiger partial charge in [0, 0.05) is 11.6 Å². The van der Waals surface area contributed by atoms with Crippen LogP contribution in [0.3, 0.4) is 0 Å². The number of hydrogen-bond acceptors (Lipinski definition) is 3. The number of rotatable bonds is 0. The van der Waals surface area contributed by atoms with Gasteiger partial charge in [-0.3, -0.25) is 4.98 Å². The average molecular weight is 164 g/mol. The second-order valence-corrected chi connectivity index (χ2v) is 2.45. The zero-order valence-corrected chi connectivity index (χ0v) is 7.32. The van der Waals surface area contributed by atoms with Crippen molar-refractivity contribution in [3.05, 3.63) is 24.7 Å². The summed E-state index contributed by atoms with van der Waals surface area (Å²) >= 11 is 0. The summed E-state index contributed by atoms with van der Waals surface area (Å²) in [5.41, 5.74) is 0.734. The van der Waals surface area contributed by atoms with Crippen molar-refractivity contribution in [1.29, 1.82) is 0 Å². The summed E-state index contributed by atoms with van der Waals surface area (Å²) < 4.78 is 4.81. The lowest BCUT2D eigenvalue weighted by molar-refractivity contribution is 0.455. The van der Waals surface area contributed by atoms with Gasteiger partial charge in [0.15, 0.2) is 5.58 Å². The van der Waals surface area contributed by atoms with Crippen LogP contribution in [0.15, 0.2) is 29.2 Å². The first kappa shape index (κ1) is 8.71. The minimum atomic E-state index is 0.734. The van der Waals surface area contributed by atoms with E-state index < -0.39 is 0 Å². The fraction of sp³-hybridized carbons (Fsp3) is 0.333. The molecule has 0 unspecified atom stereocenters. The number of pyridine rings is 1. The summed E-state index contributed by atoms with van der Waals surface area (Å²) in [7, 11) is 0. The summed E-state index contributed by atoms with van der Waals surface area (Å²) in [6.07, 6.45) is 6.26. The third-order valence-corrected chi connectivity index (χ3v) is 1.16. The Labute approximate surface area is 71.4 Å². The number of nitrogens with zero attached hydrogens (tertiary/aromatic N) is 2. The smallest absolute Gasteiger partial charge is 0.185 e. The highest BCUT2D eigenvalue weighted by molar-refractivity contribution is 5.73. The van der Waals surface area contributed by atoms with Gasteiger partial charge in [-0.25, -0.2) is 0 Å². The van der Waals surface area contributed by atoms with E-state index in [0.29, 0.717) is 0 Å². The van der Waals surface area contributed by atoms with Crippen LogP contribution in [0.5, 0.6) is 0 Å². The fourth-order valence-corrected chi connectivity index (χ4v) is 0.714. The van der Waals surface area contributed by atoms with Crippen molar-refractivity contribution >= 4 is 11.0 Å². The van der Waals surface area contributed by atoms with E-state index in [4.69, 9.17) is 4.52 Å². The number of fused-ring (bicyclic) bond motifs is 1. The van der Waals surface area contributed by atoms with Crippen molar-refractivity contribution < 1.29 is 4.52 Å². The lowest BCUT2D eigenvalue weighted by Gasteiger charge is -1.78. The topological polar surface area (TPSA) is 38.9 Å². The largest absolute Gasteiger partial charge is 0.355 e. The third-order valence-electron chi connectivity index (χ3n) is 1.16. The van der Waals surface area contributed by atoms with Gasteiger partial charge in [0.25, 0.3) is 0 Å². The highest BCUT2D eigenvalue weighted by Crippen LogP contribution is 2.08. The van der Waals surface area contributed by atoms with E-state index in [1.807, 2.05) is 6.07 Å². The highest BCUT2D eigenvalue weighted by Gasteiger charge is 1.92. The van der Waals surface area contributed by atoms with Gasteiger partial charge in [-0.15, -0.1) is 0 Å². The first-order valence-electron chi connectivity index (χ1n) is 4.02. The highest BCUT2D eigenvalue weighted by atomic mass is 16.5. The molecule has 2 heterocycles. The van der Waals surface area contributed by atoms with E-state index in [-0.39, 0.29) is 0 Å². The van der Waals surface area contributed by atoms with E-state index in [1.54, 1.807) is 18.6 Å². The van der Waals surface area contributed by atoms with Crippen molar-refractivity contribution in [1.82, 2.24) is 10.1 Å². The molecule has 0 spiro atoms. The summed E-state index contributed by atoms with van der Waals surface area (Å²) in [6, 6.07) is 1.85. The van der Waals surface area contributed by atoms with E-state index >= 15 is 0 Å². The van der Waals surface area contributed by atoms with Crippen LogP contribution in [0.4, 0.5) is 0 Å². The maximum absolute atomic E-state index is 4.81. The second-order valence-electron chi connectivity index (χ2n) is 2.45. The minimum Gasteiger partial charge on any atom is -0.355 e. The molecule has 64 valence electrons. The fourth-order valence-electron chi connectivity index (χ4n) is 0.714. The molecule has 0 fully saturated rings. The summed E-state index contributed by atoms with van der Waals surface area (Å²) in [6.45, 7) is 4.25. The maximum Gasteiger partial charge on any atom is 0.185 e. The molecule has 0 saturated heterocycles. The van der Waals surface area contributed by atoms with Crippen molar-refractivity contribution in [3.8, 4) is 0 Å². The van der Waals surface area contributed by atoms with Gasteiger partial charge in [-0.1, -0.05) is 25.4 Å². The molecule has 0 bridgehead atoms. The lowest BCUT2D eigenvalue weighted by atomic mass is 10.4. The van der Waals surface area contributed by atoms with Crippen LogP contribution in [-0.4, -0.2) is 10.1 Å². The van der Waals surface area contributed by atoms with Gasteiger partial charge in [0.2, 0.25) is 0 Å². The third kappa shape index (κ3) is 2.05. The molecule has 0 aromatic carbocycles. The standard InChI is InChI=1S/C6H4N2O.C3H8/c1-2-7-4-6-5(1)3-8-9-6;1-3-2/h1-4H;3H2,1-2H3. The first-order valence-corrected chi connectivity index (χ1v) is 4.02. The Morgan fingerprint density at radius 3 is 2.75 bits per heavy atom. The molecule has 0 aliphatic carbocycles. The Hall–Kier alpha value is -1.38. The van der Waals surface area contributed by atoms with Gasteiger partial charge in [-0.2, -0.15) is 0 Å². The molecule has 2 rings (SSSR count). The van der Waals surface area contributed by atoms with Crippen LogP contribution in [0.2, 0.25) is 0 Å².